The lowest BCUT2D eigenvalue weighted by Crippen LogP contribution is -2.03. The Kier molecular flexibility index (Phi) is 21.4. The van der Waals surface area contributed by atoms with Crippen molar-refractivity contribution < 1.29 is 9.90 Å². The Morgan fingerprint density at radius 3 is 1.00 bits per heavy atom. The number of carboxylic acids is 1. The quantitative estimate of drug-likeness (QED) is 0.139. The summed E-state index contributed by atoms with van der Waals surface area (Å²) in [6.45, 7) is 16.7. The van der Waals surface area contributed by atoms with Crippen LogP contribution >= 0.6 is 0 Å². The lowest BCUT2D eigenvalue weighted by molar-refractivity contribution is -0.137. The average molecular weight is 481 g/mol. The first-order valence-electron chi connectivity index (χ1n) is 15.3. The van der Waals surface area contributed by atoms with E-state index in [-0.39, 0.29) is 0 Å². The van der Waals surface area contributed by atoms with E-state index >= 15 is 0 Å². The molecule has 0 aromatic rings. The standard InChI is InChI=1S/C32H64O2/c1-26(2)14-10-17-29(5)20-11-18-27(3)15-8-9-16-28(4)19-12-21-30(6)22-13-23-31(7)24-25-32(33)34/h26-31H,8-25H2,1-7H3,(H,33,34). The summed E-state index contributed by atoms with van der Waals surface area (Å²) < 4.78 is 0. The third-order valence-corrected chi connectivity index (χ3v) is 8.15. The van der Waals surface area contributed by atoms with Gasteiger partial charge in [0.1, 0.15) is 0 Å². The van der Waals surface area contributed by atoms with Crippen LogP contribution in [-0.4, -0.2) is 11.1 Å². The molecule has 5 atom stereocenters. The number of hydrogen-bond acceptors (Lipinski definition) is 1. The van der Waals surface area contributed by atoms with Crippen LogP contribution in [0.4, 0.5) is 0 Å². The Bertz CT molecular complexity index is 458. The number of carbonyl (C=O) groups is 1. The summed E-state index contributed by atoms with van der Waals surface area (Å²) in [5, 5.41) is 8.79. The molecule has 204 valence electrons. The van der Waals surface area contributed by atoms with Crippen molar-refractivity contribution in [3.8, 4) is 0 Å². The molecule has 0 aliphatic rings. The van der Waals surface area contributed by atoms with Crippen LogP contribution in [0, 0.1) is 35.5 Å². The Morgan fingerprint density at radius 1 is 0.441 bits per heavy atom. The Morgan fingerprint density at radius 2 is 0.706 bits per heavy atom. The van der Waals surface area contributed by atoms with Gasteiger partial charge in [-0.2, -0.15) is 0 Å². The first kappa shape index (κ1) is 33.5. The van der Waals surface area contributed by atoms with E-state index in [0.29, 0.717) is 12.3 Å². The molecule has 0 spiro atoms. The fraction of sp³-hybridized carbons (Fsp3) is 0.969. The molecular formula is C32H64O2. The van der Waals surface area contributed by atoms with Gasteiger partial charge in [-0.25, -0.2) is 0 Å². The highest BCUT2D eigenvalue weighted by molar-refractivity contribution is 5.66. The highest BCUT2D eigenvalue weighted by Gasteiger charge is 2.10. The summed E-state index contributed by atoms with van der Waals surface area (Å²) >= 11 is 0. The van der Waals surface area contributed by atoms with E-state index in [4.69, 9.17) is 5.11 Å². The van der Waals surface area contributed by atoms with Crippen LogP contribution in [0.25, 0.3) is 0 Å². The van der Waals surface area contributed by atoms with E-state index in [1.54, 1.807) is 0 Å². The normalized spacial score (nSPS) is 16.4. The molecule has 0 bridgehead atoms. The van der Waals surface area contributed by atoms with E-state index in [1.165, 1.54) is 103 Å². The van der Waals surface area contributed by atoms with Crippen LogP contribution in [0.3, 0.4) is 0 Å². The predicted molar refractivity (Wildman–Crippen MR) is 151 cm³/mol. The Hall–Kier alpha value is -0.530. The van der Waals surface area contributed by atoms with Crippen molar-refractivity contribution in [2.45, 2.75) is 164 Å². The number of rotatable bonds is 24. The summed E-state index contributed by atoms with van der Waals surface area (Å²) in [7, 11) is 0. The van der Waals surface area contributed by atoms with E-state index in [0.717, 1.165) is 36.0 Å². The van der Waals surface area contributed by atoms with Crippen LogP contribution in [0.15, 0.2) is 0 Å². The topological polar surface area (TPSA) is 37.3 Å². The number of unbranched alkanes of at least 4 members (excludes halogenated alkanes) is 1. The molecule has 0 rings (SSSR count). The molecule has 5 unspecified atom stereocenters. The molecule has 0 radical (unpaired) electrons. The molecule has 0 fully saturated rings. The van der Waals surface area contributed by atoms with Gasteiger partial charge in [0.15, 0.2) is 0 Å². The highest BCUT2D eigenvalue weighted by Crippen LogP contribution is 2.24. The van der Waals surface area contributed by atoms with Gasteiger partial charge in [-0.1, -0.05) is 151 Å². The first-order chi connectivity index (χ1) is 16.1. The van der Waals surface area contributed by atoms with Gasteiger partial charge >= 0.3 is 5.97 Å². The molecule has 0 aromatic carbocycles. The molecule has 0 aromatic heterocycles. The fourth-order valence-electron chi connectivity index (χ4n) is 5.40. The Labute approximate surface area is 215 Å². The van der Waals surface area contributed by atoms with Gasteiger partial charge in [0.2, 0.25) is 0 Å². The summed E-state index contributed by atoms with van der Waals surface area (Å²) in [5.41, 5.74) is 0. The molecule has 0 aliphatic heterocycles. The lowest BCUT2D eigenvalue weighted by atomic mass is 9.90. The molecule has 2 heteroatoms. The van der Waals surface area contributed by atoms with Crippen molar-refractivity contribution >= 4 is 5.97 Å². The second-order valence-electron chi connectivity index (χ2n) is 12.9. The monoisotopic (exact) mass is 480 g/mol. The average Bonchev–Trinajstić information content (AvgIpc) is 2.75. The maximum atomic E-state index is 10.7. The van der Waals surface area contributed by atoms with Gasteiger partial charge in [-0.15, -0.1) is 0 Å². The number of hydrogen-bond donors (Lipinski definition) is 1. The second-order valence-corrected chi connectivity index (χ2v) is 12.9. The van der Waals surface area contributed by atoms with Crippen LogP contribution in [0.1, 0.15) is 164 Å². The SMILES string of the molecule is CC(C)CCCC(C)CCCC(C)CCCCC(C)CCCC(C)CCCC(C)CCC(=O)O. The van der Waals surface area contributed by atoms with Gasteiger partial charge in [0, 0.05) is 6.42 Å². The molecule has 0 heterocycles. The minimum absolute atomic E-state index is 0.325. The number of carboxylic acid groups (broad SMARTS) is 1. The minimum atomic E-state index is -0.656. The summed E-state index contributed by atoms with van der Waals surface area (Å²) in [6.07, 6.45) is 23.3. The zero-order chi connectivity index (χ0) is 25.8. The molecular weight excluding hydrogens is 416 g/mol. The summed E-state index contributed by atoms with van der Waals surface area (Å²) in [6, 6.07) is 0. The van der Waals surface area contributed by atoms with Crippen LogP contribution < -0.4 is 0 Å². The molecule has 0 amide bonds. The third-order valence-electron chi connectivity index (χ3n) is 8.15. The van der Waals surface area contributed by atoms with Crippen molar-refractivity contribution in [1.29, 1.82) is 0 Å². The predicted octanol–water partition coefficient (Wildman–Crippen LogP) is 10.9. The molecule has 2 nitrogen and oxygen atoms in total. The van der Waals surface area contributed by atoms with E-state index in [1.807, 2.05) is 0 Å². The van der Waals surface area contributed by atoms with Crippen LogP contribution in [-0.2, 0) is 4.79 Å². The first-order valence-corrected chi connectivity index (χ1v) is 15.3. The van der Waals surface area contributed by atoms with Gasteiger partial charge in [0.05, 0.1) is 0 Å². The molecule has 0 saturated heterocycles. The smallest absolute Gasteiger partial charge is 0.303 e. The third kappa shape index (κ3) is 23.2. The molecule has 0 aliphatic carbocycles. The maximum absolute atomic E-state index is 10.7. The minimum Gasteiger partial charge on any atom is -0.481 e. The van der Waals surface area contributed by atoms with Crippen molar-refractivity contribution in [2.75, 3.05) is 0 Å². The van der Waals surface area contributed by atoms with Gasteiger partial charge in [0.25, 0.3) is 0 Å². The van der Waals surface area contributed by atoms with Gasteiger partial charge in [-0.05, 0) is 41.9 Å². The van der Waals surface area contributed by atoms with E-state index in [2.05, 4.69) is 48.5 Å². The summed E-state index contributed by atoms with van der Waals surface area (Å²) in [5.74, 6) is 4.28. The molecule has 34 heavy (non-hydrogen) atoms. The summed E-state index contributed by atoms with van der Waals surface area (Å²) in [4.78, 5) is 10.7. The van der Waals surface area contributed by atoms with Gasteiger partial charge < -0.3 is 5.11 Å². The second kappa shape index (κ2) is 21.7. The Balaban J connectivity index is 3.60. The lowest BCUT2D eigenvalue weighted by Gasteiger charge is -2.17. The van der Waals surface area contributed by atoms with Crippen LogP contribution in [0.2, 0.25) is 0 Å². The van der Waals surface area contributed by atoms with Crippen molar-refractivity contribution in [2.24, 2.45) is 35.5 Å². The zero-order valence-corrected chi connectivity index (χ0v) is 24.5. The van der Waals surface area contributed by atoms with Crippen molar-refractivity contribution in [1.82, 2.24) is 0 Å². The van der Waals surface area contributed by atoms with Crippen molar-refractivity contribution in [3.63, 3.8) is 0 Å². The maximum Gasteiger partial charge on any atom is 0.303 e. The van der Waals surface area contributed by atoms with E-state index < -0.39 is 5.97 Å². The van der Waals surface area contributed by atoms with Gasteiger partial charge in [-0.3, -0.25) is 4.79 Å². The zero-order valence-electron chi connectivity index (χ0n) is 24.5. The van der Waals surface area contributed by atoms with Crippen LogP contribution in [0.5, 0.6) is 0 Å². The molecule has 1 N–H and O–H groups in total. The highest BCUT2D eigenvalue weighted by atomic mass is 16.4. The largest absolute Gasteiger partial charge is 0.481 e. The number of aliphatic carboxylic acids is 1. The molecule has 0 saturated carbocycles. The van der Waals surface area contributed by atoms with Crippen molar-refractivity contribution in [3.05, 3.63) is 0 Å². The fourth-order valence-corrected chi connectivity index (χ4v) is 5.40. The van der Waals surface area contributed by atoms with E-state index in [9.17, 15) is 4.79 Å².